The highest BCUT2D eigenvalue weighted by molar-refractivity contribution is 5.42. The molecule has 0 amide bonds. The monoisotopic (exact) mass is 246 g/mol. The minimum Gasteiger partial charge on any atom is -0.369 e. The molecular weight excluding hydrogens is 220 g/mol. The maximum absolute atomic E-state index is 4.44. The van der Waals surface area contributed by atoms with E-state index in [9.17, 15) is 0 Å². The van der Waals surface area contributed by atoms with E-state index in [4.69, 9.17) is 0 Å². The van der Waals surface area contributed by atoms with Crippen molar-refractivity contribution in [3.63, 3.8) is 0 Å². The zero-order chi connectivity index (χ0) is 13.0. The van der Waals surface area contributed by atoms with Crippen molar-refractivity contribution in [2.75, 3.05) is 11.9 Å². The maximum Gasteiger partial charge on any atom is 0.128 e. The van der Waals surface area contributed by atoms with E-state index in [2.05, 4.69) is 37.1 Å². The number of nitrogens with zero attached hydrogens (tertiary/aromatic N) is 1. The van der Waals surface area contributed by atoms with Crippen molar-refractivity contribution in [1.29, 1.82) is 0 Å². The van der Waals surface area contributed by atoms with Crippen LogP contribution in [0.25, 0.3) is 0 Å². The van der Waals surface area contributed by atoms with Crippen LogP contribution in [-0.2, 0) is 0 Å². The minimum absolute atomic E-state index is 0.512. The Labute approximate surface area is 111 Å². The van der Waals surface area contributed by atoms with E-state index in [1.54, 1.807) is 0 Å². The van der Waals surface area contributed by atoms with Gasteiger partial charge < -0.3 is 5.32 Å². The van der Waals surface area contributed by atoms with E-state index >= 15 is 0 Å². The molecule has 1 N–H and O–H groups in total. The molecule has 2 heteroatoms. The Morgan fingerprint density at radius 1 is 1.33 bits per heavy atom. The summed E-state index contributed by atoms with van der Waals surface area (Å²) in [7, 11) is 0. The van der Waals surface area contributed by atoms with Crippen LogP contribution in [0.3, 0.4) is 0 Å². The van der Waals surface area contributed by atoms with Gasteiger partial charge in [-0.3, -0.25) is 0 Å². The van der Waals surface area contributed by atoms with Crippen LogP contribution in [-0.4, -0.2) is 11.5 Å². The molecule has 1 saturated carbocycles. The highest BCUT2D eigenvalue weighted by Crippen LogP contribution is 2.43. The van der Waals surface area contributed by atoms with Gasteiger partial charge in [0.25, 0.3) is 0 Å². The quantitative estimate of drug-likeness (QED) is 0.832. The lowest BCUT2D eigenvalue weighted by molar-refractivity contribution is 0.252. The lowest BCUT2D eigenvalue weighted by Gasteiger charge is -2.31. The molecule has 0 saturated heterocycles. The number of pyridine rings is 1. The number of nitrogens with one attached hydrogen (secondary N) is 1. The summed E-state index contributed by atoms with van der Waals surface area (Å²) in [4.78, 5) is 4.44. The topological polar surface area (TPSA) is 24.9 Å². The third kappa shape index (κ3) is 3.24. The molecule has 0 aromatic carbocycles. The summed E-state index contributed by atoms with van der Waals surface area (Å²) < 4.78 is 0. The Morgan fingerprint density at radius 3 is 2.67 bits per heavy atom. The van der Waals surface area contributed by atoms with Gasteiger partial charge in [0.05, 0.1) is 0 Å². The Hall–Kier alpha value is -1.05. The first-order valence-electron chi connectivity index (χ1n) is 7.27. The van der Waals surface area contributed by atoms with Crippen molar-refractivity contribution < 1.29 is 0 Å². The molecule has 0 radical (unpaired) electrons. The van der Waals surface area contributed by atoms with Crippen molar-refractivity contribution in [3.05, 3.63) is 23.9 Å². The zero-order valence-corrected chi connectivity index (χ0v) is 12.0. The van der Waals surface area contributed by atoms with Gasteiger partial charge >= 0.3 is 0 Å². The largest absolute Gasteiger partial charge is 0.369 e. The third-order valence-electron chi connectivity index (χ3n) is 4.15. The molecule has 1 aliphatic rings. The first-order chi connectivity index (χ1) is 8.61. The van der Waals surface area contributed by atoms with E-state index in [-0.39, 0.29) is 0 Å². The van der Waals surface area contributed by atoms with Gasteiger partial charge in [-0.1, -0.05) is 32.8 Å². The molecule has 1 aromatic heterocycles. The summed E-state index contributed by atoms with van der Waals surface area (Å²) in [5.74, 6) is 1.85. The third-order valence-corrected chi connectivity index (χ3v) is 4.15. The average Bonchev–Trinajstić information content (AvgIpc) is 2.76. The Kier molecular flexibility index (Phi) is 4.26. The molecule has 100 valence electrons. The number of hydrogen-bond donors (Lipinski definition) is 1. The number of rotatable bonds is 5. The van der Waals surface area contributed by atoms with E-state index in [0.29, 0.717) is 5.41 Å². The molecule has 2 nitrogen and oxygen atoms in total. The summed E-state index contributed by atoms with van der Waals surface area (Å²) in [6, 6.07) is 4.12. The molecular formula is C16H26N2. The van der Waals surface area contributed by atoms with E-state index < -0.39 is 0 Å². The second-order valence-electron chi connectivity index (χ2n) is 6.33. The van der Waals surface area contributed by atoms with Crippen molar-refractivity contribution in [2.45, 2.75) is 52.9 Å². The van der Waals surface area contributed by atoms with Crippen LogP contribution in [0.1, 0.15) is 51.5 Å². The van der Waals surface area contributed by atoms with Gasteiger partial charge in [0.15, 0.2) is 0 Å². The van der Waals surface area contributed by atoms with Gasteiger partial charge in [-0.15, -0.1) is 0 Å². The van der Waals surface area contributed by atoms with Crippen LogP contribution < -0.4 is 5.32 Å². The van der Waals surface area contributed by atoms with Crippen LogP contribution in [0, 0.1) is 18.3 Å². The molecule has 1 aromatic rings. The van der Waals surface area contributed by atoms with E-state index in [0.717, 1.165) is 18.3 Å². The molecule has 18 heavy (non-hydrogen) atoms. The van der Waals surface area contributed by atoms with Crippen molar-refractivity contribution in [1.82, 2.24) is 4.98 Å². The summed E-state index contributed by atoms with van der Waals surface area (Å²) in [6.07, 6.45) is 8.77. The second kappa shape index (κ2) is 5.73. The van der Waals surface area contributed by atoms with Crippen molar-refractivity contribution >= 4 is 5.82 Å². The second-order valence-corrected chi connectivity index (χ2v) is 6.33. The Balaban J connectivity index is 2.00. The Bertz CT molecular complexity index is 378. The lowest BCUT2D eigenvalue weighted by Crippen LogP contribution is -2.29. The normalized spacial score (nSPS) is 18.2. The number of aryl methyl sites for hydroxylation is 1. The SMILES string of the molecule is Cc1cccnc1NCC1(CC(C)C)CCCC1. The molecule has 1 aliphatic carbocycles. The van der Waals surface area contributed by atoms with Crippen molar-refractivity contribution in [2.24, 2.45) is 11.3 Å². The molecule has 1 fully saturated rings. The van der Waals surface area contributed by atoms with Crippen LogP contribution in [0.4, 0.5) is 5.82 Å². The molecule has 0 spiro atoms. The number of anilines is 1. The smallest absolute Gasteiger partial charge is 0.128 e. The van der Waals surface area contributed by atoms with Gasteiger partial charge in [0.1, 0.15) is 5.82 Å². The predicted octanol–water partition coefficient (Wildman–Crippen LogP) is 4.41. The fourth-order valence-corrected chi connectivity index (χ4v) is 3.39. The van der Waals surface area contributed by atoms with Crippen molar-refractivity contribution in [3.8, 4) is 0 Å². The summed E-state index contributed by atoms with van der Waals surface area (Å²) in [5, 5.41) is 3.59. The van der Waals surface area contributed by atoms with Crippen LogP contribution in [0.5, 0.6) is 0 Å². The molecule has 0 unspecified atom stereocenters. The number of aromatic nitrogens is 1. The molecule has 1 heterocycles. The first-order valence-corrected chi connectivity index (χ1v) is 7.27. The summed E-state index contributed by atoms with van der Waals surface area (Å²) in [6.45, 7) is 7.89. The summed E-state index contributed by atoms with van der Waals surface area (Å²) >= 11 is 0. The first kappa shape index (κ1) is 13.4. The van der Waals surface area contributed by atoms with Crippen LogP contribution >= 0.6 is 0 Å². The fourth-order valence-electron chi connectivity index (χ4n) is 3.39. The molecule has 0 atom stereocenters. The predicted molar refractivity (Wildman–Crippen MR) is 77.8 cm³/mol. The van der Waals surface area contributed by atoms with Crippen LogP contribution in [0.15, 0.2) is 18.3 Å². The van der Waals surface area contributed by atoms with Gasteiger partial charge in [-0.05, 0) is 49.1 Å². The standard InChI is InChI=1S/C16H26N2/c1-13(2)11-16(8-4-5-9-16)12-18-15-14(3)7-6-10-17-15/h6-7,10,13H,4-5,8-9,11-12H2,1-3H3,(H,17,18). The van der Waals surface area contributed by atoms with E-state index in [1.807, 2.05) is 12.3 Å². The van der Waals surface area contributed by atoms with Gasteiger partial charge in [0.2, 0.25) is 0 Å². The van der Waals surface area contributed by atoms with E-state index in [1.165, 1.54) is 37.7 Å². The van der Waals surface area contributed by atoms with Gasteiger partial charge in [-0.25, -0.2) is 4.98 Å². The highest BCUT2D eigenvalue weighted by atomic mass is 15.0. The molecule has 0 bridgehead atoms. The Morgan fingerprint density at radius 2 is 2.06 bits per heavy atom. The highest BCUT2D eigenvalue weighted by Gasteiger charge is 2.34. The van der Waals surface area contributed by atoms with Gasteiger partial charge in [-0.2, -0.15) is 0 Å². The zero-order valence-electron chi connectivity index (χ0n) is 12.0. The molecule has 2 rings (SSSR count). The maximum atomic E-state index is 4.44. The minimum atomic E-state index is 0.512. The average molecular weight is 246 g/mol. The van der Waals surface area contributed by atoms with Crippen LogP contribution in [0.2, 0.25) is 0 Å². The lowest BCUT2D eigenvalue weighted by atomic mass is 9.78. The summed E-state index contributed by atoms with van der Waals surface area (Å²) in [5.41, 5.74) is 1.76. The fraction of sp³-hybridized carbons (Fsp3) is 0.688. The van der Waals surface area contributed by atoms with Gasteiger partial charge in [0, 0.05) is 12.7 Å². The number of hydrogen-bond acceptors (Lipinski definition) is 2. The molecule has 0 aliphatic heterocycles.